The zero-order valence-electron chi connectivity index (χ0n) is 9.82. The molecular formula is C12H20N2OS. The van der Waals surface area contributed by atoms with E-state index in [2.05, 4.69) is 10.4 Å². The molecule has 0 aliphatic carbocycles. The van der Waals surface area contributed by atoms with Crippen LogP contribution in [0.4, 0.5) is 0 Å². The van der Waals surface area contributed by atoms with E-state index >= 15 is 0 Å². The molecule has 1 aliphatic heterocycles. The Morgan fingerprint density at radius 1 is 1.56 bits per heavy atom. The fourth-order valence-electron chi connectivity index (χ4n) is 2.26. The highest BCUT2D eigenvalue weighted by Gasteiger charge is 2.17. The molecule has 1 aliphatic rings. The molecule has 2 N–H and O–H groups in total. The minimum Gasteiger partial charge on any atom is -0.381 e. The average Bonchev–Trinajstić information content (AvgIpc) is 2.65. The second-order valence-corrected chi connectivity index (χ2v) is 5.68. The monoisotopic (exact) mass is 240 g/mol. The van der Waals surface area contributed by atoms with Crippen molar-refractivity contribution in [1.82, 2.24) is 4.98 Å². The maximum atomic E-state index is 6.17. The Balaban J connectivity index is 1.77. The third-order valence-electron chi connectivity index (χ3n) is 3.11. The molecular weight excluding hydrogens is 220 g/mol. The van der Waals surface area contributed by atoms with Gasteiger partial charge < -0.3 is 10.5 Å². The van der Waals surface area contributed by atoms with Gasteiger partial charge in [0.15, 0.2) is 0 Å². The quantitative estimate of drug-likeness (QED) is 0.877. The largest absolute Gasteiger partial charge is 0.381 e. The lowest BCUT2D eigenvalue weighted by atomic mass is 9.91. The number of nitrogens with zero attached hydrogens (tertiary/aromatic N) is 1. The van der Waals surface area contributed by atoms with E-state index in [1.807, 2.05) is 6.92 Å². The lowest BCUT2D eigenvalue weighted by molar-refractivity contribution is 0.0618. The molecule has 1 saturated heterocycles. The summed E-state index contributed by atoms with van der Waals surface area (Å²) in [6, 6.07) is 0.254. The van der Waals surface area contributed by atoms with Gasteiger partial charge in [0.1, 0.15) is 0 Å². The van der Waals surface area contributed by atoms with E-state index in [0.717, 1.165) is 42.7 Å². The normalized spacial score (nSPS) is 19.9. The lowest BCUT2D eigenvalue weighted by Crippen LogP contribution is -2.28. The Hall–Kier alpha value is -0.450. The van der Waals surface area contributed by atoms with E-state index in [9.17, 15) is 0 Å². The fourth-order valence-corrected chi connectivity index (χ4v) is 2.89. The van der Waals surface area contributed by atoms with Gasteiger partial charge in [0, 0.05) is 31.1 Å². The van der Waals surface area contributed by atoms with Gasteiger partial charge in [-0.3, -0.25) is 0 Å². The summed E-state index contributed by atoms with van der Waals surface area (Å²) >= 11 is 1.71. The molecule has 16 heavy (non-hydrogen) atoms. The van der Waals surface area contributed by atoms with Gasteiger partial charge in [0.2, 0.25) is 0 Å². The second kappa shape index (κ2) is 5.75. The van der Waals surface area contributed by atoms with Crippen molar-refractivity contribution >= 4 is 11.3 Å². The van der Waals surface area contributed by atoms with Crippen molar-refractivity contribution in [3.05, 3.63) is 16.1 Å². The zero-order valence-corrected chi connectivity index (χ0v) is 10.6. The first-order valence-electron chi connectivity index (χ1n) is 5.98. The third kappa shape index (κ3) is 3.54. The van der Waals surface area contributed by atoms with E-state index in [0.29, 0.717) is 0 Å². The molecule has 0 amide bonds. The fraction of sp³-hybridized carbons (Fsp3) is 0.750. The van der Waals surface area contributed by atoms with Gasteiger partial charge in [-0.1, -0.05) is 0 Å². The smallest absolute Gasteiger partial charge is 0.0897 e. The molecule has 3 nitrogen and oxygen atoms in total. The summed E-state index contributed by atoms with van der Waals surface area (Å²) in [6.07, 6.45) is 4.37. The minimum atomic E-state index is 0.254. The van der Waals surface area contributed by atoms with Crippen molar-refractivity contribution < 1.29 is 4.74 Å². The minimum absolute atomic E-state index is 0.254. The maximum Gasteiger partial charge on any atom is 0.0897 e. The van der Waals surface area contributed by atoms with Crippen LogP contribution in [0, 0.1) is 12.8 Å². The van der Waals surface area contributed by atoms with Crippen LogP contribution in [0.5, 0.6) is 0 Å². The van der Waals surface area contributed by atoms with Crippen LogP contribution in [0.15, 0.2) is 5.38 Å². The predicted molar refractivity (Wildman–Crippen MR) is 66.7 cm³/mol. The number of rotatable bonds is 4. The molecule has 90 valence electrons. The van der Waals surface area contributed by atoms with Crippen molar-refractivity contribution in [2.24, 2.45) is 11.7 Å². The van der Waals surface area contributed by atoms with Crippen molar-refractivity contribution in [3.63, 3.8) is 0 Å². The van der Waals surface area contributed by atoms with E-state index in [4.69, 9.17) is 10.5 Å². The molecule has 0 bridgehead atoms. The maximum absolute atomic E-state index is 6.17. The average molecular weight is 240 g/mol. The molecule has 4 heteroatoms. The van der Waals surface area contributed by atoms with Gasteiger partial charge in [-0.05, 0) is 32.1 Å². The Morgan fingerprint density at radius 2 is 2.31 bits per heavy atom. The number of nitrogens with two attached hydrogens (primary N) is 1. The molecule has 0 saturated carbocycles. The number of thiazole rings is 1. The van der Waals surface area contributed by atoms with Crippen molar-refractivity contribution in [1.29, 1.82) is 0 Å². The highest BCUT2D eigenvalue weighted by molar-refractivity contribution is 7.09. The first-order chi connectivity index (χ1) is 7.74. The number of hydrogen-bond donors (Lipinski definition) is 1. The molecule has 2 rings (SSSR count). The second-order valence-electron chi connectivity index (χ2n) is 4.61. The highest BCUT2D eigenvalue weighted by atomic mass is 32.1. The zero-order chi connectivity index (χ0) is 11.4. The van der Waals surface area contributed by atoms with Gasteiger partial charge >= 0.3 is 0 Å². The highest BCUT2D eigenvalue weighted by Crippen LogP contribution is 2.21. The summed E-state index contributed by atoms with van der Waals surface area (Å²) in [7, 11) is 0. The Kier molecular flexibility index (Phi) is 4.32. The van der Waals surface area contributed by atoms with Crippen LogP contribution in [-0.2, 0) is 11.2 Å². The third-order valence-corrected chi connectivity index (χ3v) is 3.94. The first-order valence-corrected chi connectivity index (χ1v) is 6.86. The van der Waals surface area contributed by atoms with Crippen molar-refractivity contribution in [2.75, 3.05) is 13.2 Å². The summed E-state index contributed by atoms with van der Waals surface area (Å²) in [4.78, 5) is 4.46. The van der Waals surface area contributed by atoms with Crippen LogP contribution in [0.2, 0.25) is 0 Å². The molecule has 1 unspecified atom stereocenters. The van der Waals surface area contributed by atoms with Crippen LogP contribution < -0.4 is 5.73 Å². The summed E-state index contributed by atoms with van der Waals surface area (Å²) in [5, 5.41) is 3.26. The predicted octanol–water partition coefficient (Wildman–Crippen LogP) is 2.14. The molecule has 0 radical (unpaired) electrons. The van der Waals surface area contributed by atoms with Gasteiger partial charge in [-0.25, -0.2) is 4.98 Å². The van der Waals surface area contributed by atoms with Crippen LogP contribution in [0.1, 0.15) is 30.0 Å². The van der Waals surface area contributed by atoms with Crippen molar-refractivity contribution in [3.8, 4) is 0 Å². The molecule has 1 aromatic rings. The number of aromatic nitrogens is 1. The topological polar surface area (TPSA) is 48.1 Å². The van der Waals surface area contributed by atoms with E-state index < -0.39 is 0 Å². The molecule has 2 heterocycles. The van der Waals surface area contributed by atoms with Crippen LogP contribution >= 0.6 is 11.3 Å². The van der Waals surface area contributed by atoms with Gasteiger partial charge in [-0.2, -0.15) is 0 Å². The Morgan fingerprint density at radius 3 is 2.94 bits per heavy atom. The van der Waals surface area contributed by atoms with Gasteiger partial charge in [0.25, 0.3) is 0 Å². The number of aryl methyl sites for hydroxylation is 1. The number of ether oxygens (including phenoxy) is 1. The summed E-state index contributed by atoms with van der Waals surface area (Å²) < 4.78 is 5.35. The molecule has 1 atom stereocenters. The molecule has 0 aromatic carbocycles. The Bertz CT molecular complexity index is 321. The van der Waals surface area contributed by atoms with E-state index in [1.165, 1.54) is 12.8 Å². The van der Waals surface area contributed by atoms with E-state index in [1.54, 1.807) is 11.3 Å². The molecule has 1 fully saturated rings. The SMILES string of the molecule is Cc1nc(CC(N)CC2CCOCC2)cs1. The molecule has 0 spiro atoms. The van der Waals surface area contributed by atoms with Crippen LogP contribution in [0.25, 0.3) is 0 Å². The summed E-state index contributed by atoms with van der Waals surface area (Å²) in [6.45, 7) is 3.86. The standard InChI is InChI=1S/C12H20N2OS/c1-9-14-12(8-16-9)7-11(13)6-10-2-4-15-5-3-10/h8,10-11H,2-7,13H2,1H3. The number of hydrogen-bond acceptors (Lipinski definition) is 4. The van der Waals surface area contributed by atoms with Crippen LogP contribution in [0.3, 0.4) is 0 Å². The summed E-state index contributed by atoms with van der Waals surface area (Å²) in [5.41, 5.74) is 7.32. The van der Waals surface area contributed by atoms with Gasteiger partial charge in [0.05, 0.1) is 10.7 Å². The summed E-state index contributed by atoms with van der Waals surface area (Å²) in [5.74, 6) is 0.753. The van der Waals surface area contributed by atoms with Crippen LogP contribution in [-0.4, -0.2) is 24.2 Å². The van der Waals surface area contributed by atoms with Crippen molar-refractivity contribution in [2.45, 2.75) is 38.6 Å². The molecule has 1 aromatic heterocycles. The first kappa shape index (κ1) is 12.0. The van der Waals surface area contributed by atoms with E-state index in [-0.39, 0.29) is 6.04 Å². The lowest BCUT2D eigenvalue weighted by Gasteiger charge is -2.24. The van der Waals surface area contributed by atoms with Gasteiger partial charge in [-0.15, -0.1) is 11.3 Å². The Labute approximate surface area is 101 Å².